The van der Waals surface area contributed by atoms with E-state index in [2.05, 4.69) is 4.74 Å². The Balaban J connectivity index is -0.000000980. The number of hydrogen-bond donors (Lipinski definition) is 3. The molecule has 0 aliphatic heterocycles. The predicted molar refractivity (Wildman–Crippen MR) is 75.0 cm³/mol. The van der Waals surface area contributed by atoms with E-state index >= 15 is 0 Å². The average molecular weight is 327 g/mol. The third-order valence-corrected chi connectivity index (χ3v) is 3.87. The SMILES string of the molecule is COC(=O)[C@H](N)CSSC[C@@H](N)C(=O)O.Cl.Cl. The van der Waals surface area contributed by atoms with E-state index in [4.69, 9.17) is 16.6 Å². The Labute approximate surface area is 120 Å². The van der Waals surface area contributed by atoms with E-state index in [1.54, 1.807) is 0 Å². The van der Waals surface area contributed by atoms with Crippen molar-refractivity contribution in [1.82, 2.24) is 0 Å². The van der Waals surface area contributed by atoms with Crippen LogP contribution >= 0.6 is 46.4 Å². The highest BCUT2D eigenvalue weighted by molar-refractivity contribution is 8.76. The maximum atomic E-state index is 10.9. The molecule has 0 saturated heterocycles. The minimum atomic E-state index is -1.04. The Hall–Kier alpha value is 0.140. The number of carboxylic acids is 1. The number of aliphatic carboxylic acids is 1. The number of methoxy groups -OCH3 is 1. The van der Waals surface area contributed by atoms with Gasteiger partial charge in [0.25, 0.3) is 0 Å². The van der Waals surface area contributed by atoms with Gasteiger partial charge in [0.1, 0.15) is 12.1 Å². The number of esters is 1. The van der Waals surface area contributed by atoms with Crippen LogP contribution in [0.3, 0.4) is 0 Å². The van der Waals surface area contributed by atoms with E-state index in [0.717, 1.165) is 0 Å². The van der Waals surface area contributed by atoms with Crippen molar-refractivity contribution in [3.8, 4) is 0 Å². The summed E-state index contributed by atoms with van der Waals surface area (Å²) in [6.07, 6.45) is 0. The zero-order chi connectivity index (χ0) is 11.8. The monoisotopic (exact) mass is 326 g/mol. The predicted octanol–water partition coefficient (Wildman–Crippen LogP) is 0.124. The molecular weight excluding hydrogens is 311 g/mol. The quantitative estimate of drug-likeness (QED) is 0.343. The first-order valence-electron chi connectivity index (χ1n) is 4.05. The maximum Gasteiger partial charge on any atom is 0.323 e. The van der Waals surface area contributed by atoms with Crippen LogP contribution < -0.4 is 11.5 Å². The van der Waals surface area contributed by atoms with Gasteiger partial charge in [-0.15, -0.1) is 24.8 Å². The van der Waals surface area contributed by atoms with Crippen LogP contribution in [0.4, 0.5) is 0 Å². The Morgan fingerprint density at radius 3 is 1.94 bits per heavy atom. The smallest absolute Gasteiger partial charge is 0.323 e. The van der Waals surface area contributed by atoms with Gasteiger partial charge in [0.15, 0.2) is 0 Å². The molecule has 0 aliphatic rings. The van der Waals surface area contributed by atoms with Gasteiger partial charge >= 0.3 is 11.9 Å². The standard InChI is InChI=1S/C7H14N2O4S2.2ClH/c1-13-7(12)5(9)3-15-14-2-4(8)6(10)11;;/h4-5H,2-3,8-9H2,1H3,(H,10,11);2*1H/t4-,5-;;/m1../s1. The summed E-state index contributed by atoms with van der Waals surface area (Å²) in [4.78, 5) is 21.2. The van der Waals surface area contributed by atoms with E-state index in [1.807, 2.05) is 0 Å². The van der Waals surface area contributed by atoms with Crippen molar-refractivity contribution < 1.29 is 19.4 Å². The molecule has 0 aliphatic carbocycles. The molecule has 0 bridgehead atoms. The van der Waals surface area contributed by atoms with Crippen LogP contribution in [0.2, 0.25) is 0 Å². The molecule has 104 valence electrons. The largest absolute Gasteiger partial charge is 0.480 e. The number of halogens is 2. The summed E-state index contributed by atoms with van der Waals surface area (Å²) in [5.74, 6) is -0.886. The number of nitrogens with two attached hydrogens (primary N) is 2. The second kappa shape index (κ2) is 12.6. The lowest BCUT2D eigenvalue weighted by atomic mass is 10.4. The molecule has 0 fully saturated rings. The van der Waals surface area contributed by atoms with Crippen LogP contribution in [0.25, 0.3) is 0 Å². The first-order valence-corrected chi connectivity index (χ1v) is 6.54. The molecule has 2 atom stereocenters. The lowest BCUT2D eigenvalue weighted by Gasteiger charge is -2.09. The van der Waals surface area contributed by atoms with Crippen molar-refractivity contribution in [2.75, 3.05) is 18.6 Å². The van der Waals surface area contributed by atoms with E-state index < -0.39 is 24.0 Å². The lowest BCUT2D eigenvalue weighted by Crippen LogP contribution is -2.34. The molecular formula is C7H16Cl2N2O4S2. The molecule has 0 aromatic carbocycles. The first kappa shape index (κ1) is 22.3. The number of ether oxygens (including phenoxy) is 1. The van der Waals surface area contributed by atoms with Crippen LogP contribution in [0.1, 0.15) is 0 Å². The summed E-state index contributed by atoms with van der Waals surface area (Å²) in [7, 11) is 3.83. The summed E-state index contributed by atoms with van der Waals surface area (Å²) in [5, 5.41) is 8.47. The van der Waals surface area contributed by atoms with Crippen molar-refractivity contribution in [1.29, 1.82) is 0 Å². The zero-order valence-corrected chi connectivity index (χ0v) is 12.3. The fourth-order valence-corrected chi connectivity index (χ4v) is 2.75. The molecule has 17 heavy (non-hydrogen) atoms. The summed E-state index contributed by atoms with van der Waals surface area (Å²) < 4.78 is 4.42. The van der Waals surface area contributed by atoms with Crippen molar-refractivity contribution in [2.45, 2.75) is 12.1 Å². The third kappa shape index (κ3) is 11.0. The highest BCUT2D eigenvalue weighted by atomic mass is 35.5. The second-order valence-electron chi connectivity index (χ2n) is 2.64. The molecule has 0 heterocycles. The number of carboxylic acid groups (broad SMARTS) is 1. The Kier molecular flexibility index (Phi) is 16.5. The normalized spacial score (nSPS) is 12.6. The number of rotatable bonds is 7. The van der Waals surface area contributed by atoms with Crippen molar-refractivity contribution in [3.63, 3.8) is 0 Å². The maximum absolute atomic E-state index is 10.9. The summed E-state index contributed by atoms with van der Waals surface area (Å²) >= 11 is 0. The van der Waals surface area contributed by atoms with Gasteiger partial charge in [-0.1, -0.05) is 21.6 Å². The lowest BCUT2D eigenvalue weighted by molar-refractivity contribution is -0.141. The van der Waals surface area contributed by atoms with Gasteiger partial charge in [-0.3, -0.25) is 9.59 Å². The Morgan fingerprint density at radius 1 is 1.18 bits per heavy atom. The highest BCUT2D eigenvalue weighted by Gasteiger charge is 2.15. The van der Waals surface area contributed by atoms with Crippen molar-refractivity contribution in [3.05, 3.63) is 0 Å². The van der Waals surface area contributed by atoms with Gasteiger partial charge in [0.05, 0.1) is 7.11 Å². The number of carbonyl (C=O) groups excluding carboxylic acids is 1. The van der Waals surface area contributed by atoms with Crippen LogP contribution in [-0.4, -0.2) is 47.7 Å². The number of hydrogen-bond acceptors (Lipinski definition) is 7. The molecule has 0 amide bonds. The van der Waals surface area contributed by atoms with Gasteiger partial charge in [-0.05, 0) is 0 Å². The minimum absolute atomic E-state index is 0. The molecule has 10 heteroatoms. The molecule has 0 radical (unpaired) electrons. The Morgan fingerprint density at radius 2 is 1.59 bits per heavy atom. The molecule has 0 spiro atoms. The minimum Gasteiger partial charge on any atom is -0.480 e. The highest BCUT2D eigenvalue weighted by Crippen LogP contribution is 2.22. The van der Waals surface area contributed by atoms with Gasteiger partial charge in [0.2, 0.25) is 0 Å². The first-order chi connectivity index (χ1) is 6.99. The van der Waals surface area contributed by atoms with Gasteiger partial charge in [-0.25, -0.2) is 0 Å². The zero-order valence-electron chi connectivity index (χ0n) is 9.03. The van der Waals surface area contributed by atoms with Crippen LogP contribution in [-0.2, 0) is 14.3 Å². The topological polar surface area (TPSA) is 116 Å². The second-order valence-corrected chi connectivity index (χ2v) is 5.20. The van der Waals surface area contributed by atoms with E-state index in [1.165, 1.54) is 28.7 Å². The van der Waals surface area contributed by atoms with Crippen LogP contribution in [0.15, 0.2) is 0 Å². The van der Waals surface area contributed by atoms with Crippen molar-refractivity contribution >= 4 is 58.3 Å². The molecule has 6 nitrogen and oxygen atoms in total. The number of carbonyl (C=O) groups is 2. The summed E-state index contributed by atoms with van der Waals surface area (Å²) in [5.41, 5.74) is 10.7. The average Bonchev–Trinajstić information content (AvgIpc) is 2.22. The Bertz CT molecular complexity index is 236. The van der Waals surface area contributed by atoms with E-state index in [0.29, 0.717) is 5.75 Å². The summed E-state index contributed by atoms with van der Waals surface area (Å²) in [6, 6.07) is -1.58. The third-order valence-electron chi connectivity index (χ3n) is 1.40. The van der Waals surface area contributed by atoms with Gasteiger partial charge < -0.3 is 21.3 Å². The van der Waals surface area contributed by atoms with Crippen LogP contribution in [0.5, 0.6) is 0 Å². The fraction of sp³-hybridized carbons (Fsp3) is 0.714. The van der Waals surface area contributed by atoms with E-state index in [-0.39, 0.29) is 30.6 Å². The summed E-state index contributed by atoms with van der Waals surface area (Å²) in [6.45, 7) is 0. The van der Waals surface area contributed by atoms with Gasteiger partial charge in [0, 0.05) is 11.5 Å². The molecule has 0 aromatic rings. The molecule has 0 saturated carbocycles. The van der Waals surface area contributed by atoms with Crippen molar-refractivity contribution in [2.24, 2.45) is 11.5 Å². The molecule has 5 N–H and O–H groups in total. The molecule has 0 rings (SSSR count). The van der Waals surface area contributed by atoms with Crippen LogP contribution in [0, 0.1) is 0 Å². The van der Waals surface area contributed by atoms with Gasteiger partial charge in [-0.2, -0.15) is 0 Å². The van der Waals surface area contributed by atoms with E-state index in [9.17, 15) is 9.59 Å². The molecule has 0 aromatic heterocycles. The molecule has 0 unspecified atom stereocenters. The fourth-order valence-electron chi connectivity index (χ4n) is 0.534.